The van der Waals surface area contributed by atoms with Crippen LogP contribution >= 0.6 is 7.60 Å². The van der Waals surface area contributed by atoms with Crippen molar-refractivity contribution in [3.63, 3.8) is 0 Å². The van der Waals surface area contributed by atoms with Crippen molar-refractivity contribution in [1.82, 2.24) is 10.2 Å². The average Bonchev–Trinajstić information content (AvgIpc) is 2.54. The van der Waals surface area contributed by atoms with E-state index in [1.54, 1.807) is 6.07 Å². The molecule has 0 bridgehead atoms. The first-order valence-electron chi connectivity index (χ1n) is 9.16. The number of anilines is 2. The van der Waals surface area contributed by atoms with Crippen molar-refractivity contribution >= 4 is 24.5 Å². The maximum atomic E-state index is 12.8. The summed E-state index contributed by atoms with van der Waals surface area (Å²) in [6.45, 7) is 17.0. The molecular weight excluding hydrogens is 351 g/mol. The van der Waals surface area contributed by atoms with Gasteiger partial charge in [0.15, 0.2) is 11.3 Å². The van der Waals surface area contributed by atoms with Gasteiger partial charge in [0.2, 0.25) is 0 Å². The van der Waals surface area contributed by atoms with Crippen molar-refractivity contribution in [2.75, 3.05) is 24.0 Å². The maximum Gasteiger partial charge on any atom is 0.381 e. The van der Waals surface area contributed by atoms with Gasteiger partial charge in [0, 0.05) is 44.5 Å². The topological polar surface area (TPSA) is 67.8 Å². The summed E-state index contributed by atoms with van der Waals surface area (Å²) in [5.41, 5.74) is 1.11. The Labute approximate surface area is 158 Å². The second-order valence-corrected chi connectivity index (χ2v) is 9.65. The van der Waals surface area contributed by atoms with Gasteiger partial charge >= 0.3 is 7.60 Å². The molecule has 0 atom stereocenters. The fraction of sp³-hybridized carbons (Fsp3) is 0.778. The Balaban J connectivity index is 3.73. The van der Waals surface area contributed by atoms with E-state index in [0.717, 1.165) is 11.5 Å². The molecule has 0 aromatic carbocycles. The van der Waals surface area contributed by atoms with Crippen LogP contribution in [0.4, 0.5) is 11.5 Å². The van der Waals surface area contributed by atoms with Gasteiger partial charge < -0.3 is 18.8 Å². The molecule has 0 aliphatic carbocycles. The summed E-state index contributed by atoms with van der Waals surface area (Å²) >= 11 is 0. The molecule has 0 radical (unpaired) electrons. The average molecular weight is 386 g/mol. The number of nitrogens with zero attached hydrogens (tertiary/aromatic N) is 4. The summed E-state index contributed by atoms with van der Waals surface area (Å²) in [6, 6.07) is 2.75. The molecule has 0 spiro atoms. The van der Waals surface area contributed by atoms with Crippen LogP contribution in [-0.4, -0.2) is 48.6 Å². The molecule has 1 aromatic rings. The van der Waals surface area contributed by atoms with Crippen LogP contribution in [0.5, 0.6) is 0 Å². The zero-order chi connectivity index (χ0) is 20.2. The monoisotopic (exact) mass is 386 g/mol. The molecule has 150 valence electrons. The van der Waals surface area contributed by atoms with E-state index >= 15 is 0 Å². The molecule has 7 nitrogen and oxygen atoms in total. The van der Waals surface area contributed by atoms with E-state index in [9.17, 15) is 4.57 Å². The SMILES string of the molecule is COP(=O)(OC)c1cc(N(C(C)C)C(C)C)c(N(C(C)C)C(C)C)nn1. The van der Waals surface area contributed by atoms with E-state index in [4.69, 9.17) is 9.05 Å². The lowest BCUT2D eigenvalue weighted by atomic mass is 10.1. The maximum absolute atomic E-state index is 12.8. The van der Waals surface area contributed by atoms with E-state index in [1.165, 1.54) is 14.2 Å². The fourth-order valence-electron chi connectivity index (χ4n) is 3.37. The Kier molecular flexibility index (Phi) is 8.05. The summed E-state index contributed by atoms with van der Waals surface area (Å²) < 4.78 is 23.1. The Morgan fingerprint density at radius 3 is 1.58 bits per heavy atom. The first-order valence-corrected chi connectivity index (χ1v) is 10.7. The zero-order valence-electron chi connectivity index (χ0n) is 17.8. The van der Waals surface area contributed by atoms with Gasteiger partial charge in [0.25, 0.3) is 0 Å². The molecule has 0 saturated heterocycles. The molecule has 0 aliphatic heterocycles. The van der Waals surface area contributed by atoms with Gasteiger partial charge in [-0.1, -0.05) is 0 Å². The Morgan fingerprint density at radius 1 is 0.808 bits per heavy atom. The Hall–Kier alpha value is -1.17. The third kappa shape index (κ3) is 4.76. The highest BCUT2D eigenvalue weighted by molar-refractivity contribution is 7.61. The van der Waals surface area contributed by atoms with E-state index < -0.39 is 7.60 Å². The normalized spacial score (nSPS) is 12.5. The van der Waals surface area contributed by atoms with Gasteiger partial charge in [-0.05, 0) is 55.4 Å². The van der Waals surface area contributed by atoms with Crippen LogP contribution in [0.25, 0.3) is 0 Å². The zero-order valence-corrected chi connectivity index (χ0v) is 18.7. The largest absolute Gasteiger partial charge is 0.381 e. The van der Waals surface area contributed by atoms with Crippen molar-refractivity contribution in [2.45, 2.75) is 79.6 Å². The van der Waals surface area contributed by atoms with Gasteiger partial charge in [-0.15, -0.1) is 10.2 Å². The highest BCUT2D eigenvalue weighted by atomic mass is 31.2. The second-order valence-electron chi connectivity index (χ2n) is 7.46. The van der Waals surface area contributed by atoms with Crippen LogP contribution in [0, 0.1) is 0 Å². The van der Waals surface area contributed by atoms with Crippen molar-refractivity contribution in [3.8, 4) is 0 Å². The van der Waals surface area contributed by atoms with E-state index in [-0.39, 0.29) is 29.6 Å². The lowest BCUT2D eigenvalue weighted by Crippen LogP contribution is -2.43. The molecule has 0 fully saturated rings. The molecule has 26 heavy (non-hydrogen) atoms. The summed E-state index contributed by atoms with van der Waals surface area (Å²) in [5.74, 6) is 0.778. The molecule has 1 heterocycles. The van der Waals surface area contributed by atoms with Gasteiger partial charge in [-0.2, -0.15) is 0 Å². The molecule has 0 aliphatic rings. The number of aromatic nitrogens is 2. The molecule has 0 unspecified atom stereocenters. The van der Waals surface area contributed by atoms with Crippen molar-refractivity contribution in [3.05, 3.63) is 6.07 Å². The minimum absolute atomic E-state index is 0.222. The molecule has 1 rings (SSSR count). The summed E-state index contributed by atoms with van der Waals surface area (Å²) in [6.07, 6.45) is 0. The van der Waals surface area contributed by atoms with Crippen molar-refractivity contribution in [1.29, 1.82) is 0 Å². The number of hydrogen-bond donors (Lipinski definition) is 0. The third-order valence-electron chi connectivity index (χ3n) is 4.25. The van der Waals surface area contributed by atoms with Crippen LogP contribution in [0.2, 0.25) is 0 Å². The van der Waals surface area contributed by atoms with Gasteiger partial charge in [0.05, 0.1) is 5.69 Å². The lowest BCUT2D eigenvalue weighted by molar-refractivity contribution is 0.286. The quantitative estimate of drug-likeness (QED) is 0.597. The minimum Gasteiger partial charge on any atom is -0.364 e. The predicted molar refractivity (Wildman–Crippen MR) is 109 cm³/mol. The third-order valence-corrected chi connectivity index (χ3v) is 5.99. The van der Waals surface area contributed by atoms with Crippen molar-refractivity contribution < 1.29 is 13.6 Å². The van der Waals surface area contributed by atoms with Crippen LogP contribution in [0.15, 0.2) is 6.07 Å². The van der Waals surface area contributed by atoms with E-state index in [0.29, 0.717) is 0 Å². The highest BCUT2D eigenvalue weighted by Crippen LogP contribution is 2.45. The minimum atomic E-state index is -3.48. The van der Waals surface area contributed by atoms with Gasteiger partial charge in [0.1, 0.15) is 0 Å². The first-order chi connectivity index (χ1) is 12.0. The van der Waals surface area contributed by atoms with Crippen molar-refractivity contribution in [2.24, 2.45) is 0 Å². The van der Waals surface area contributed by atoms with Gasteiger partial charge in [-0.3, -0.25) is 4.57 Å². The number of rotatable bonds is 9. The van der Waals surface area contributed by atoms with Crippen LogP contribution < -0.4 is 15.2 Å². The summed E-state index contributed by atoms with van der Waals surface area (Å²) in [4.78, 5) is 4.47. The number of hydrogen-bond acceptors (Lipinski definition) is 7. The second kappa shape index (κ2) is 9.16. The van der Waals surface area contributed by atoms with Gasteiger partial charge in [-0.25, -0.2) is 0 Å². The van der Waals surface area contributed by atoms with Crippen LogP contribution in [-0.2, 0) is 13.6 Å². The van der Waals surface area contributed by atoms with Crippen LogP contribution in [0.3, 0.4) is 0 Å². The smallest absolute Gasteiger partial charge is 0.364 e. The lowest BCUT2D eigenvalue weighted by Gasteiger charge is -2.39. The Bertz CT molecular complexity index is 611. The van der Waals surface area contributed by atoms with Crippen LogP contribution in [0.1, 0.15) is 55.4 Å². The molecule has 0 N–H and O–H groups in total. The van der Waals surface area contributed by atoms with E-state index in [2.05, 4.69) is 75.4 Å². The Morgan fingerprint density at radius 2 is 1.23 bits per heavy atom. The van der Waals surface area contributed by atoms with E-state index in [1.807, 2.05) is 0 Å². The molecule has 1 aromatic heterocycles. The first kappa shape index (κ1) is 22.9. The summed E-state index contributed by atoms with van der Waals surface area (Å²) in [5, 5.41) is 8.68. The molecule has 8 heteroatoms. The molecule has 0 saturated carbocycles. The predicted octanol–water partition coefficient (Wildman–Crippen LogP) is 3.83. The summed E-state index contributed by atoms with van der Waals surface area (Å²) in [7, 11) is -0.761. The highest BCUT2D eigenvalue weighted by Gasteiger charge is 2.32. The molecular formula is C18H35N4O3P. The fourth-order valence-corrected chi connectivity index (χ4v) is 4.33. The standard InChI is InChI=1S/C18H35N4O3P/c1-12(2)21(13(3)4)16-11-17(26(23,24-9)25-10)19-20-18(16)22(14(5)6)15(7)8/h11-15H,1-10H3. The molecule has 0 amide bonds.